The van der Waals surface area contributed by atoms with E-state index in [2.05, 4.69) is 17.2 Å². The summed E-state index contributed by atoms with van der Waals surface area (Å²) in [6.45, 7) is 2.63. The zero-order chi connectivity index (χ0) is 11.8. The first kappa shape index (κ1) is 12.5. The third kappa shape index (κ3) is 3.52. The molecule has 0 aliphatic rings. The quantitative estimate of drug-likeness (QED) is 0.601. The second-order valence-corrected chi connectivity index (χ2v) is 3.54. The van der Waals surface area contributed by atoms with E-state index < -0.39 is 0 Å². The lowest BCUT2D eigenvalue weighted by atomic mass is 9.99. The summed E-state index contributed by atoms with van der Waals surface area (Å²) < 4.78 is 0. The highest BCUT2D eigenvalue weighted by Crippen LogP contribution is 2.11. The summed E-state index contributed by atoms with van der Waals surface area (Å²) in [6.07, 6.45) is 1.19. The van der Waals surface area contributed by atoms with Gasteiger partial charge in [-0.05, 0) is 32.5 Å². The van der Waals surface area contributed by atoms with Crippen molar-refractivity contribution in [2.24, 2.45) is 0 Å². The third-order valence-corrected chi connectivity index (χ3v) is 2.39. The van der Waals surface area contributed by atoms with Crippen molar-refractivity contribution in [3.05, 3.63) is 35.4 Å². The first-order valence-electron chi connectivity index (χ1n) is 5.45. The van der Waals surface area contributed by atoms with E-state index in [4.69, 9.17) is 0 Å². The molecule has 0 aromatic heterocycles. The number of rotatable bonds is 5. The SMILES string of the molecule is CC#CCC(=O)c1ccccc1CCNC. The van der Waals surface area contributed by atoms with Crippen molar-refractivity contribution in [2.75, 3.05) is 13.6 Å². The van der Waals surface area contributed by atoms with Crippen molar-refractivity contribution in [2.45, 2.75) is 19.8 Å². The summed E-state index contributed by atoms with van der Waals surface area (Å²) in [5.41, 5.74) is 1.90. The van der Waals surface area contributed by atoms with Gasteiger partial charge in [0.05, 0.1) is 6.42 Å². The summed E-state index contributed by atoms with van der Waals surface area (Å²) in [5.74, 6) is 5.67. The summed E-state index contributed by atoms with van der Waals surface area (Å²) in [7, 11) is 1.91. The van der Waals surface area contributed by atoms with Crippen molar-refractivity contribution in [3.63, 3.8) is 0 Å². The molecule has 0 saturated carbocycles. The lowest BCUT2D eigenvalue weighted by Crippen LogP contribution is -2.13. The van der Waals surface area contributed by atoms with Gasteiger partial charge in [0.1, 0.15) is 0 Å². The van der Waals surface area contributed by atoms with Crippen LogP contribution in [0.4, 0.5) is 0 Å². The van der Waals surface area contributed by atoms with Gasteiger partial charge in [-0.3, -0.25) is 4.79 Å². The zero-order valence-corrected chi connectivity index (χ0v) is 9.84. The number of ketones is 1. The minimum absolute atomic E-state index is 0.112. The van der Waals surface area contributed by atoms with Crippen molar-refractivity contribution in [1.82, 2.24) is 5.32 Å². The van der Waals surface area contributed by atoms with Crippen LogP contribution in [0.1, 0.15) is 29.3 Å². The van der Waals surface area contributed by atoms with Gasteiger partial charge in [0, 0.05) is 5.56 Å². The van der Waals surface area contributed by atoms with Crippen LogP contribution in [0, 0.1) is 11.8 Å². The molecule has 0 fully saturated rings. The molecule has 1 aromatic rings. The molecule has 0 amide bonds. The molecular formula is C14H17NO. The Kier molecular flexibility index (Phi) is 5.31. The molecule has 16 heavy (non-hydrogen) atoms. The zero-order valence-electron chi connectivity index (χ0n) is 9.84. The maximum Gasteiger partial charge on any atom is 0.175 e. The van der Waals surface area contributed by atoms with E-state index in [9.17, 15) is 4.79 Å². The molecular weight excluding hydrogens is 198 g/mol. The molecule has 84 valence electrons. The van der Waals surface area contributed by atoms with E-state index in [1.54, 1.807) is 6.92 Å². The van der Waals surface area contributed by atoms with Crippen molar-refractivity contribution >= 4 is 5.78 Å². The predicted molar refractivity (Wildman–Crippen MR) is 66.5 cm³/mol. The minimum Gasteiger partial charge on any atom is -0.319 e. The molecule has 0 atom stereocenters. The second-order valence-electron chi connectivity index (χ2n) is 3.54. The highest BCUT2D eigenvalue weighted by Gasteiger charge is 2.08. The predicted octanol–water partition coefficient (Wildman–Crippen LogP) is 2.04. The molecule has 2 nitrogen and oxygen atoms in total. The largest absolute Gasteiger partial charge is 0.319 e. The average molecular weight is 215 g/mol. The van der Waals surface area contributed by atoms with E-state index in [1.165, 1.54) is 0 Å². The average Bonchev–Trinajstić information content (AvgIpc) is 2.33. The van der Waals surface area contributed by atoms with Gasteiger partial charge in [-0.15, -0.1) is 5.92 Å². The number of Topliss-reactive ketones (excluding diaryl/α,β-unsaturated/α-hetero) is 1. The minimum atomic E-state index is 0.112. The highest BCUT2D eigenvalue weighted by molar-refractivity contribution is 5.98. The van der Waals surface area contributed by atoms with Crippen LogP contribution in [0.3, 0.4) is 0 Å². The molecule has 0 aliphatic heterocycles. The fourth-order valence-corrected chi connectivity index (χ4v) is 1.53. The highest BCUT2D eigenvalue weighted by atomic mass is 16.1. The Bertz CT molecular complexity index is 412. The Labute approximate surface area is 97.1 Å². The van der Waals surface area contributed by atoms with Gasteiger partial charge in [-0.1, -0.05) is 30.2 Å². The Hall–Kier alpha value is -1.59. The molecule has 0 aliphatic carbocycles. The normalized spacial score (nSPS) is 9.38. The van der Waals surface area contributed by atoms with E-state index in [0.29, 0.717) is 6.42 Å². The van der Waals surface area contributed by atoms with Crippen molar-refractivity contribution < 1.29 is 4.79 Å². The first-order chi connectivity index (χ1) is 7.79. The van der Waals surface area contributed by atoms with Crippen LogP contribution in [-0.4, -0.2) is 19.4 Å². The number of carbonyl (C=O) groups excluding carboxylic acids is 1. The molecule has 2 heteroatoms. The lowest BCUT2D eigenvalue weighted by molar-refractivity contribution is 0.0997. The molecule has 0 spiro atoms. The van der Waals surface area contributed by atoms with Gasteiger partial charge in [-0.25, -0.2) is 0 Å². The van der Waals surface area contributed by atoms with Crippen LogP contribution in [0.25, 0.3) is 0 Å². The fourth-order valence-electron chi connectivity index (χ4n) is 1.53. The molecule has 0 unspecified atom stereocenters. The van der Waals surface area contributed by atoms with Crippen LogP contribution in [0.15, 0.2) is 24.3 Å². The van der Waals surface area contributed by atoms with E-state index in [1.807, 2.05) is 31.3 Å². The van der Waals surface area contributed by atoms with Gasteiger partial charge >= 0.3 is 0 Å². The monoisotopic (exact) mass is 215 g/mol. The number of benzene rings is 1. The molecule has 0 saturated heterocycles. The molecule has 0 radical (unpaired) electrons. The molecule has 1 N–H and O–H groups in total. The van der Waals surface area contributed by atoms with Crippen LogP contribution in [-0.2, 0) is 6.42 Å². The van der Waals surface area contributed by atoms with E-state index >= 15 is 0 Å². The summed E-state index contributed by atoms with van der Waals surface area (Å²) in [4.78, 5) is 11.9. The molecule has 1 aromatic carbocycles. The smallest absolute Gasteiger partial charge is 0.175 e. The lowest BCUT2D eigenvalue weighted by Gasteiger charge is -2.06. The van der Waals surface area contributed by atoms with Gasteiger partial charge in [0.25, 0.3) is 0 Å². The number of hydrogen-bond acceptors (Lipinski definition) is 2. The summed E-state index contributed by atoms with van der Waals surface area (Å²) in [5, 5.41) is 3.09. The van der Waals surface area contributed by atoms with E-state index in [0.717, 1.165) is 24.1 Å². The van der Waals surface area contributed by atoms with Gasteiger partial charge in [0.2, 0.25) is 0 Å². The number of likely N-dealkylation sites (N-methyl/N-ethyl adjacent to an activating group) is 1. The van der Waals surface area contributed by atoms with Crippen LogP contribution in [0.5, 0.6) is 0 Å². The number of nitrogens with one attached hydrogen (secondary N) is 1. The van der Waals surface area contributed by atoms with Gasteiger partial charge in [-0.2, -0.15) is 0 Å². The number of hydrogen-bond donors (Lipinski definition) is 1. The standard InChI is InChI=1S/C14H17NO/c1-3-4-9-14(16)13-8-6-5-7-12(13)10-11-15-2/h5-8,15H,9-11H2,1-2H3. The topological polar surface area (TPSA) is 29.1 Å². The maximum absolute atomic E-state index is 11.9. The van der Waals surface area contributed by atoms with Crippen LogP contribution >= 0.6 is 0 Å². The summed E-state index contributed by atoms with van der Waals surface area (Å²) >= 11 is 0. The first-order valence-corrected chi connectivity index (χ1v) is 5.45. The van der Waals surface area contributed by atoms with Gasteiger partial charge < -0.3 is 5.32 Å². The third-order valence-electron chi connectivity index (χ3n) is 2.39. The Morgan fingerprint density at radius 3 is 2.81 bits per heavy atom. The van der Waals surface area contributed by atoms with Gasteiger partial charge in [0.15, 0.2) is 5.78 Å². The van der Waals surface area contributed by atoms with E-state index in [-0.39, 0.29) is 5.78 Å². The maximum atomic E-state index is 11.9. The van der Waals surface area contributed by atoms with Crippen LogP contribution < -0.4 is 5.32 Å². The molecule has 0 bridgehead atoms. The Balaban J connectivity index is 2.83. The summed E-state index contributed by atoms with van der Waals surface area (Å²) in [6, 6.07) is 7.75. The van der Waals surface area contributed by atoms with Crippen molar-refractivity contribution in [3.8, 4) is 11.8 Å². The Morgan fingerprint density at radius 2 is 2.12 bits per heavy atom. The second kappa shape index (κ2) is 6.81. The van der Waals surface area contributed by atoms with Crippen molar-refractivity contribution in [1.29, 1.82) is 0 Å². The number of carbonyl (C=O) groups is 1. The van der Waals surface area contributed by atoms with Crippen LogP contribution in [0.2, 0.25) is 0 Å². The Morgan fingerprint density at radius 1 is 1.38 bits per heavy atom. The molecule has 1 rings (SSSR count). The fraction of sp³-hybridized carbons (Fsp3) is 0.357. The molecule has 0 heterocycles.